The number of hydrogen-bond donors (Lipinski definition) is 0. The quantitative estimate of drug-likeness (QED) is 0.640. The maximum Gasteiger partial charge on any atom is 0.302 e. The molecule has 21 heavy (non-hydrogen) atoms. The Bertz CT molecular complexity index is 719. The Morgan fingerprint density at radius 2 is 1.90 bits per heavy atom. The standard InChI is InChI=1S/C14H15N3O3S/c1-10(18)17-14(21)16(8-9-20-11(2)19)13(15-17)12-6-4-3-5-7-12/h3-7H,8-9H2,1-2H3. The highest BCUT2D eigenvalue weighted by Crippen LogP contribution is 2.18. The van der Waals surface area contributed by atoms with Crippen LogP contribution >= 0.6 is 12.2 Å². The first-order chi connectivity index (χ1) is 10.0. The SMILES string of the molecule is CC(=O)OCCn1c(-c2ccccc2)nn(C(C)=O)c1=S. The summed E-state index contributed by atoms with van der Waals surface area (Å²) >= 11 is 5.27. The van der Waals surface area contributed by atoms with E-state index in [0.29, 0.717) is 12.4 Å². The van der Waals surface area contributed by atoms with Crippen molar-refractivity contribution in [1.82, 2.24) is 14.3 Å². The first kappa shape index (κ1) is 15.1. The van der Waals surface area contributed by atoms with Crippen LogP contribution in [0.4, 0.5) is 0 Å². The molecule has 1 aromatic heterocycles. The summed E-state index contributed by atoms with van der Waals surface area (Å²) in [4.78, 5) is 22.4. The first-order valence-electron chi connectivity index (χ1n) is 6.40. The average Bonchev–Trinajstić information content (AvgIpc) is 2.77. The van der Waals surface area contributed by atoms with E-state index in [1.165, 1.54) is 18.5 Å². The molecule has 0 bridgehead atoms. The second-order valence-corrected chi connectivity index (χ2v) is 4.76. The minimum atomic E-state index is -0.360. The van der Waals surface area contributed by atoms with Gasteiger partial charge in [-0.15, -0.1) is 5.10 Å². The van der Waals surface area contributed by atoms with Gasteiger partial charge in [0, 0.05) is 19.4 Å². The van der Waals surface area contributed by atoms with E-state index in [4.69, 9.17) is 17.0 Å². The van der Waals surface area contributed by atoms with Gasteiger partial charge >= 0.3 is 5.97 Å². The van der Waals surface area contributed by atoms with Crippen molar-refractivity contribution < 1.29 is 14.3 Å². The van der Waals surface area contributed by atoms with Gasteiger partial charge in [-0.2, -0.15) is 4.68 Å². The smallest absolute Gasteiger partial charge is 0.302 e. The molecule has 6 nitrogen and oxygen atoms in total. The monoisotopic (exact) mass is 305 g/mol. The Morgan fingerprint density at radius 1 is 1.24 bits per heavy atom. The van der Waals surface area contributed by atoms with Crippen molar-refractivity contribution in [1.29, 1.82) is 0 Å². The number of benzene rings is 1. The van der Waals surface area contributed by atoms with Gasteiger partial charge in [0.25, 0.3) is 0 Å². The molecule has 0 saturated carbocycles. The van der Waals surface area contributed by atoms with Crippen LogP contribution in [0, 0.1) is 4.77 Å². The molecule has 2 aromatic rings. The number of carbonyl (C=O) groups is 2. The number of nitrogens with zero attached hydrogens (tertiary/aromatic N) is 3. The molecular formula is C14H15N3O3S. The van der Waals surface area contributed by atoms with Gasteiger partial charge in [-0.3, -0.25) is 14.2 Å². The lowest BCUT2D eigenvalue weighted by atomic mass is 10.2. The number of aromatic nitrogens is 3. The van der Waals surface area contributed by atoms with E-state index in [0.717, 1.165) is 5.56 Å². The van der Waals surface area contributed by atoms with Crippen molar-refractivity contribution >= 4 is 24.1 Å². The molecule has 110 valence electrons. The molecule has 0 aliphatic carbocycles. The third kappa shape index (κ3) is 3.43. The molecule has 0 N–H and O–H groups in total. The van der Waals surface area contributed by atoms with E-state index in [1.54, 1.807) is 4.57 Å². The summed E-state index contributed by atoms with van der Waals surface area (Å²) in [7, 11) is 0. The zero-order chi connectivity index (χ0) is 15.4. The van der Waals surface area contributed by atoms with Gasteiger partial charge in [0.2, 0.25) is 10.7 Å². The minimum Gasteiger partial charge on any atom is -0.464 e. The maximum atomic E-state index is 11.6. The topological polar surface area (TPSA) is 66.1 Å². The lowest BCUT2D eigenvalue weighted by Crippen LogP contribution is -2.11. The predicted molar refractivity (Wildman–Crippen MR) is 79.4 cm³/mol. The Labute approximate surface area is 127 Å². The number of rotatable bonds is 4. The summed E-state index contributed by atoms with van der Waals surface area (Å²) in [5.74, 6) is -0.0480. The molecule has 1 heterocycles. The largest absolute Gasteiger partial charge is 0.464 e. The molecule has 7 heteroatoms. The molecule has 1 aromatic carbocycles. The second kappa shape index (κ2) is 6.45. The lowest BCUT2D eigenvalue weighted by Gasteiger charge is -2.06. The lowest BCUT2D eigenvalue weighted by molar-refractivity contribution is -0.141. The fourth-order valence-corrected chi connectivity index (χ4v) is 2.23. The molecule has 0 fully saturated rings. The molecule has 2 rings (SSSR count). The zero-order valence-electron chi connectivity index (χ0n) is 11.8. The highest BCUT2D eigenvalue weighted by atomic mass is 32.1. The fourth-order valence-electron chi connectivity index (χ4n) is 1.88. The third-order valence-corrected chi connectivity index (χ3v) is 3.21. The maximum absolute atomic E-state index is 11.6. The van der Waals surface area contributed by atoms with Crippen LogP contribution in [-0.2, 0) is 16.1 Å². The molecule has 0 aliphatic rings. The van der Waals surface area contributed by atoms with Gasteiger partial charge in [-0.25, -0.2) is 0 Å². The van der Waals surface area contributed by atoms with E-state index < -0.39 is 0 Å². The van der Waals surface area contributed by atoms with E-state index in [-0.39, 0.29) is 23.3 Å². The molecule has 0 atom stereocenters. The molecule has 0 saturated heterocycles. The molecule has 0 spiro atoms. The van der Waals surface area contributed by atoms with Crippen molar-refractivity contribution in [2.45, 2.75) is 20.4 Å². The summed E-state index contributed by atoms with van der Waals surface area (Å²) in [6.45, 7) is 3.26. The number of carbonyl (C=O) groups excluding carboxylic acids is 2. The van der Waals surface area contributed by atoms with Crippen LogP contribution in [0.1, 0.15) is 18.6 Å². The van der Waals surface area contributed by atoms with Crippen LogP contribution < -0.4 is 0 Å². The first-order valence-corrected chi connectivity index (χ1v) is 6.81. The van der Waals surface area contributed by atoms with Gasteiger partial charge < -0.3 is 4.74 Å². The van der Waals surface area contributed by atoms with Crippen LogP contribution in [0.25, 0.3) is 11.4 Å². The van der Waals surface area contributed by atoms with Crippen molar-refractivity contribution in [2.24, 2.45) is 0 Å². The van der Waals surface area contributed by atoms with E-state index in [2.05, 4.69) is 5.10 Å². The van der Waals surface area contributed by atoms with Crippen LogP contribution in [0.2, 0.25) is 0 Å². The highest BCUT2D eigenvalue weighted by Gasteiger charge is 2.14. The normalized spacial score (nSPS) is 10.4. The number of hydrogen-bond acceptors (Lipinski definition) is 5. The van der Waals surface area contributed by atoms with E-state index in [9.17, 15) is 9.59 Å². The minimum absolute atomic E-state index is 0.174. The molecule has 0 unspecified atom stereocenters. The second-order valence-electron chi connectivity index (χ2n) is 4.39. The van der Waals surface area contributed by atoms with Crippen LogP contribution in [0.15, 0.2) is 30.3 Å². The van der Waals surface area contributed by atoms with Crippen LogP contribution in [-0.4, -0.2) is 32.8 Å². The molecule has 0 amide bonds. The van der Waals surface area contributed by atoms with Gasteiger partial charge in [-0.05, 0) is 12.2 Å². The van der Waals surface area contributed by atoms with Gasteiger partial charge in [0.15, 0.2) is 5.82 Å². The van der Waals surface area contributed by atoms with Crippen molar-refractivity contribution in [3.8, 4) is 11.4 Å². The van der Waals surface area contributed by atoms with Crippen molar-refractivity contribution in [3.05, 3.63) is 35.1 Å². The summed E-state index contributed by atoms with van der Waals surface area (Å²) in [5.41, 5.74) is 0.839. The summed E-state index contributed by atoms with van der Waals surface area (Å²) in [6, 6.07) is 9.40. The van der Waals surface area contributed by atoms with Gasteiger partial charge in [0.05, 0.1) is 6.54 Å². The number of esters is 1. The van der Waals surface area contributed by atoms with Crippen LogP contribution in [0.5, 0.6) is 0 Å². The molecule has 0 aliphatic heterocycles. The molecular weight excluding hydrogens is 290 g/mol. The van der Waals surface area contributed by atoms with E-state index in [1.807, 2.05) is 30.3 Å². The van der Waals surface area contributed by atoms with E-state index >= 15 is 0 Å². The Kier molecular flexibility index (Phi) is 4.64. The average molecular weight is 305 g/mol. The molecule has 0 radical (unpaired) electrons. The zero-order valence-corrected chi connectivity index (χ0v) is 12.6. The third-order valence-electron chi connectivity index (χ3n) is 2.81. The Morgan fingerprint density at radius 3 is 2.48 bits per heavy atom. The Balaban J connectivity index is 2.43. The number of ether oxygens (including phenoxy) is 1. The van der Waals surface area contributed by atoms with Crippen molar-refractivity contribution in [3.63, 3.8) is 0 Å². The summed E-state index contributed by atoms with van der Waals surface area (Å²) in [5, 5.41) is 4.26. The van der Waals surface area contributed by atoms with Crippen molar-refractivity contribution in [2.75, 3.05) is 6.61 Å². The highest BCUT2D eigenvalue weighted by molar-refractivity contribution is 7.71. The van der Waals surface area contributed by atoms with Crippen LogP contribution in [0.3, 0.4) is 0 Å². The van der Waals surface area contributed by atoms with Gasteiger partial charge in [0.1, 0.15) is 6.61 Å². The predicted octanol–water partition coefficient (Wildman–Crippen LogP) is 2.30. The Hall–Kier alpha value is -2.28. The fraction of sp³-hybridized carbons (Fsp3) is 0.286. The summed E-state index contributed by atoms with van der Waals surface area (Å²) < 4.78 is 8.08. The summed E-state index contributed by atoms with van der Waals surface area (Å²) in [6.07, 6.45) is 0. The van der Waals surface area contributed by atoms with Gasteiger partial charge in [-0.1, -0.05) is 30.3 Å².